The van der Waals surface area contributed by atoms with Gasteiger partial charge in [-0.25, -0.2) is 29.4 Å². The molecule has 19 aromatic heterocycles. The normalized spacial score (nSPS) is 15.7. The Kier molecular flexibility index (Phi) is 25.6. The molecule has 726 valence electrons. The number of hydrogen-bond donors (Lipinski definition) is 2. The van der Waals surface area contributed by atoms with Crippen LogP contribution in [0.25, 0.3) is 140 Å². The lowest BCUT2D eigenvalue weighted by molar-refractivity contribution is 0.313. The lowest BCUT2D eigenvalue weighted by Gasteiger charge is -2.34. The zero-order valence-electron chi connectivity index (χ0n) is 82.1. The summed E-state index contributed by atoms with van der Waals surface area (Å²) in [4.78, 5) is 121. The molecule has 1 aromatic carbocycles. The van der Waals surface area contributed by atoms with Gasteiger partial charge in [0.2, 0.25) is 0 Å². The minimum Gasteiger partial charge on any atom is -0.453 e. The van der Waals surface area contributed by atoms with E-state index in [0.29, 0.717) is 85.7 Å². The van der Waals surface area contributed by atoms with Crippen LogP contribution < -0.4 is 58.0 Å². The van der Waals surface area contributed by atoms with E-state index in [1.165, 1.54) is 23.8 Å². The average Bonchev–Trinajstić information content (AvgIpc) is 1.75. The van der Waals surface area contributed by atoms with E-state index in [2.05, 4.69) is 141 Å². The molecule has 35 heteroatoms. The molecule has 24 heterocycles. The van der Waals surface area contributed by atoms with Crippen molar-refractivity contribution in [2.45, 2.75) is 74.8 Å². The summed E-state index contributed by atoms with van der Waals surface area (Å²) in [6, 6.07) is 47.5. The van der Waals surface area contributed by atoms with Gasteiger partial charge in [-0.3, -0.25) is 75.5 Å². The molecule has 0 bridgehead atoms. The van der Waals surface area contributed by atoms with Crippen LogP contribution in [0.5, 0.6) is 0 Å². The fraction of sp³-hybridized carbons (Fsp3) is 0.296. The molecule has 4 saturated heterocycles. The number of aryl methyl sites for hydroxylation is 8. The number of furan rings is 3. The molecular formula is C108H111N27O8. The lowest BCUT2D eigenvalue weighted by Crippen LogP contribution is -2.49. The standard InChI is InChI=1S/C22H22N6O.2C22H23N5O2.C21H22N6O.C21H21N5O2/c1-3-26-8-6-16(7-9-26)17-4-5-21-24-19(11-22(29)27(21)14-17)20-10-18-12-23-15(2)13-28(18)25-20;1-14-10-16-11-19(29-22(16)15(2)23-14)18-12-21(28)27-13-17(4-5-20(27)24-18)26-8-6-25(3)7-9-26;1-13-8-16-9-19(29-22(16)15(3)24-13)18-10-21(28)27-12-17(4-5-20(27)25-18)26-7-6-23-14(2)11-26;1-24-7-9-26(10-8-24)17-4-6-20-23-18(12-21(28)27(20)14-17)15-3-5-19-16(11-15)13-22-25(19)2;1-13-9-15-10-18(28-21(15)14(2)23-13)17-11-20(27)26-12-16(3-4-19(26)24-17)25-7-5-22-6-8-25/h4-6,10-14H,3,7-9H2,1-2H3;4-5,10-13H,6-9H2,1-3H3;4-5,8-10,12,14,23H,6-7,11H2,1-3H3;3-6,11-14H,7-10H2,1-2H3;3-4,9-12,22H,5-8H2,1-2H3/t;;14-;;/m..0../s1. The Morgan fingerprint density at radius 3 is 1.26 bits per heavy atom. The smallest absolute Gasteiger partial charge is 0.258 e. The first-order valence-electron chi connectivity index (χ1n) is 48.5. The van der Waals surface area contributed by atoms with Crippen LogP contribution in [0.3, 0.4) is 0 Å². The first-order valence-corrected chi connectivity index (χ1v) is 48.5. The predicted octanol–water partition coefficient (Wildman–Crippen LogP) is 13.1. The highest BCUT2D eigenvalue weighted by Crippen LogP contribution is 2.35. The van der Waals surface area contributed by atoms with E-state index in [9.17, 15) is 24.0 Å². The predicted molar refractivity (Wildman–Crippen MR) is 560 cm³/mol. The van der Waals surface area contributed by atoms with Crippen LogP contribution in [0, 0.1) is 48.5 Å². The lowest BCUT2D eigenvalue weighted by atomic mass is 10.0. The van der Waals surface area contributed by atoms with Gasteiger partial charge in [-0.15, -0.1) is 0 Å². The summed E-state index contributed by atoms with van der Waals surface area (Å²) in [5.74, 6) is 1.74. The summed E-state index contributed by atoms with van der Waals surface area (Å²) in [5.41, 5.74) is 23.8. The number of likely N-dealkylation sites (N-methyl/N-ethyl adjacent to an activating group) is 3. The highest BCUT2D eigenvalue weighted by Gasteiger charge is 2.25. The van der Waals surface area contributed by atoms with Gasteiger partial charge in [0.15, 0.2) is 34.0 Å². The van der Waals surface area contributed by atoms with Crippen LogP contribution in [0.4, 0.5) is 22.7 Å². The maximum Gasteiger partial charge on any atom is 0.258 e. The first kappa shape index (κ1) is 93.2. The van der Waals surface area contributed by atoms with Crippen molar-refractivity contribution >= 4 is 106 Å². The molecule has 0 saturated carbocycles. The minimum atomic E-state index is -0.124. The molecule has 5 aliphatic rings. The van der Waals surface area contributed by atoms with Gasteiger partial charge in [0.1, 0.15) is 51.0 Å². The fourth-order valence-electron chi connectivity index (χ4n) is 19.5. The monoisotopic (exact) mass is 1910 g/mol. The summed E-state index contributed by atoms with van der Waals surface area (Å²) in [5, 5.41) is 19.5. The quantitative estimate of drug-likeness (QED) is 0.121. The number of pyridine rings is 8. The van der Waals surface area contributed by atoms with Crippen LogP contribution in [0.1, 0.15) is 65.7 Å². The highest BCUT2D eigenvalue weighted by molar-refractivity contribution is 5.88. The minimum absolute atomic E-state index is 0.0674. The Morgan fingerprint density at radius 1 is 0.378 bits per heavy atom. The van der Waals surface area contributed by atoms with E-state index in [1.807, 2.05) is 213 Å². The van der Waals surface area contributed by atoms with E-state index in [1.54, 1.807) is 44.8 Å². The third-order valence-electron chi connectivity index (χ3n) is 27.2. The molecule has 1 atom stereocenters. The molecule has 2 N–H and O–H groups in total. The Bertz CT molecular complexity index is 8690. The van der Waals surface area contributed by atoms with Gasteiger partial charge in [-0.1, -0.05) is 19.1 Å². The van der Waals surface area contributed by atoms with Crippen LogP contribution in [0.15, 0.2) is 245 Å². The van der Waals surface area contributed by atoms with E-state index in [-0.39, 0.29) is 27.8 Å². The number of piperazine rings is 4. The summed E-state index contributed by atoms with van der Waals surface area (Å²) in [7, 11) is 6.18. The largest absolute Gasteiger partial charge is 0.453 e. The molecule has 0 aliphatic carbocycles. The Hall–Kier alpha value is -16.1. The second kappa shape index (κ2) is 39.2. The maximum atomic E-state index is 12.8. The van der Waals surface area contributed by atoms with E-state index < -0.39 is 0 Å². The number of benzene rings is 1. The third-order valence-corrected chi connectivity index (χ3v) is 27.2. The van der Waals surface area contributed by atoms with Crippen molar-refractivity contribution < 1.29 is 13.3 Å². The summed E-state index contributed by atoms with van der Waals surface area (Å²) in [6.45, 7) is 35.4. The van der Waals surface area contributed by atoms with Crippen molar-refractivity contribution in [3.8, 4) is 57.0 Å². The number of nitrogens with zero attached hydrogens (tertiary/aromatic N) is 25. The van der Waals surface area contributed by atoms with Gasteiger partial charge in [-0.05, 0) is 209 Å². The summed E-state index contributed by atoms with van der Waals surface area (Å²) in [6.07, 6.45) is 18.1. The third kappa shape index (κ3) is 19.6. The summed E-state index contributed by atoms with van der Waals surface area (Å²) >= 11 is 0. The number of hydrogen-bond acceptors (Lipinski definition) is 28. The molecule has 35 nitrogen and oxygen atoms in total. The molecule has 20 aromatic rings. The van der Waals surface area contributed by atoms with Crippen molar-refractivity contribution in [1.29, 1.82) is 0 Å². The Labute approximate surface area is 821 Å². The maximum absolute atomic E-state index is 12.8. The van der Waals surface area contributed by atoms with Crippen molar-refractivity contribution in [2.75, 3.05) is 152 Å². The molecule has 4 fully saturated rings. The molecule has 0 radical (unpaired) electrons. The first-order chi connectivity index (χ1) is 69.2. The number of nitrogens with one attached hydrogen (secondary N) is 2. The second-order valence-corrected chi connectivity index (χ2v) is 37.6. The van der Waals surface area contributed by atoms with Crippen LogP contribution in [0.2, 0.25) is 0 Å². The summed E-state index contributed by atoms with van der Waals surface area (Å²) < 4.78 is 29.6. The van der Waals surface area contributed by atoms with E-state index in [4.69, 9.17) is 18.2 Å². The second-order valence-electron chi connectivity index (χ2n) is 37.6. The molecule has 0 spiro atoms. The van der Waals surface area contributed by atoms with Gasteiger partial charge in [0.05, 0.1) is 86.5 Å². The van der Waals surface area contributed by atoms with Crippen molar-refractivity contribution in [1.82, 2.24) is 112 Å². The molecule has 143 heavy (non-hydrogen) atoms. The molecule has 5 aliphatic heterocycles. The Morgan fingerprint density at radius 2 is 0.797 bits per heavy atom. The molecular weight excluding hydrogens is 1800 g/mol. The number of anilines is 4. The van der Waals surface area contributed by atoms with Gasteiger partial charge in [0, 0.05) is 230 Å². The van der Waals surface area contributed by atoms with Crippen molar-refractivity contribution in [3.05, 3.63) is 304 Å². The molecule has 0 unspecified atom stereocenters. The van der Waals surface area contributed by atoms with Crippen LogP contribution >= 0.6 is 0 Å². The van der Waals surface area contributed by atoms with Crippen LogP contribution in [-0.2, 0) is 7.05 Å². The SMILES string of the molecule is CCN1CC=C(c2ccc3nc(-c4cc5cnc(C)cn5n4)cc(=O)n3c2)CC1.CN1CCN(c2ccc3nc(-c4ccc5c(cnn5C)c4)cc(=O)n3c2)CC1.Cc1cc2cc(-c3cc(=O)n4cc(N5CCN(C)CC5)ccc4n3)oc2c(C)n1.Cc1cc2cc(-c3cc(=O)n4cc(N5CCNCC5)ccc4n3)oc2c(C)n1.Cc1cc2cc(-c3cc(=O)n4cc(N5CCN[C@@H](C)C5)ccc4n3)oc2c(C)n1. The zero-order chi connectivity index (χ0) is 98.7. The number of rotatable bonds is 11. The molecule has 25 rings (SSSR count). The van der Waals surface area contributed by atoms with Gasteiger partial charge in [0.25, 0.3) is 27.8 Å². The van der Waals surface area contributed by atoms with E-state index in [0.717, 1.165) is 247 Å². The zero-order valence-corrected chi connectivity index (χ0v) is 82.1. The molecule has 0 amide bonds. The number of fused-ring (bicyclic) bond motifs is 10. The topological polar surface area (TPSA) is 345 Å². The highest BCUT2D eigenvalue weighted by atomic mass is 16.3. The van der Waals surface area contributed by atoms with Crippen molar-refractivity contribution in [2.24, 2.45) is 7.05 Å². The van der Waals surface area contributed by atoms with Crippen LogP contribution in [-0.4, -0.2) is 239 Å². The van der Waals surface area contributed by atoms with Gasteiger partial charge >= 0.3 is 0 Å². The van der Waals surface area contributed by atoms with E-state index >= 15 is 0 Å². The van der Waals surface area contributed by atoms with Gasteiger partial charge < -0.3 is 53.3 Å². The number of aromatic nitrogens is 18. The Balaban J connectivity index is 0.000000106. The van der Waals surface area contributed by atoms with Gasteiger partial charge in [-0.2, -0.15) is 10.2 Å². The fourth-order valence-corrected chi connectivity index (χ4v) is 19.5. The average molecular weight is 1920 g/mol. The van der Waals surface area contributed by atoms with Crippen molar-refractivity contribution in [3.63, 3.8) is 0 Å².